The summed E-state index contributed by atoms with van der Waals surface area (Å²) in [5, 5.41) is 2.40. The van der Waals surface area contributed by atoms with E-state index in [9.17, 15) is 18.0 Å². The standard InChI is InChI=1S/C25H41BN4O7S/c1-16(2)19(29-22(32)35-23(3,4)5)20(31)30-11-10-17(14-30)15-38(33,34)21-27-12-18(13-28-21)26-36-24(6,7)25(8,9)37-26/h12-13,16-17,19H,10-11,14-15H2,1-9H3,(H,29,32). The Morgan fingerprint density at radius 2 is 1.71 bits per heavy atom. The van der Waals surface area contributed by atoms with Crippen molar-refractivity contribution in [1.29, 1.82) is 0 Å². The number of nitrogens with one attached hydrogen (secondary N) is 1. The van der Waals surface area contributed by atoms with Crippen LogP contribution in [0.4, 0.5) is 4.79 Å². The molecule has 1 aromatic rings. The van der Waals surface area contributed by atoms with Gasteiger partial charge in [-0.3, -0.25) is 4.79 Å². The molecule has 13 heteroatoms. The molecule has 2 saturated heterocycles. The van der Waals surface area contributed by atoms with E-state index >= 15 is 0 Å². The van der Waals surface area contributed by atoms with E-state index in [1.165, 1.54) is 12.4 Å². The topological polar surface area (TPSA) is 137 Å². The van der Waals surface area contributed by atoms with Gasteiger partial charge in [0.1, 0.15) is 11.6 Å². The fourth-order valence-electron chi connectivity index (χ4n) is 4.29. The molecule has 1 N–H and O–H groups in total. The summed E-state index contributed by atoms with van der Waals surface area (Å²) in [6, 6.07) is -0.772. The van der Waals surface area contributed by atoms with E-state index in [0.717, 1.165) is 0 Å². The predicted molar refractivity (Wildman–Crippen MR) is 142 cm³/mol. The zero-order valence-electron chi connectivity index (χ0n) is 23.9. The molecule has 2 aliphatic heterocycles. The molecule has 11 nitrogen and oxygen atoms in total. The van der Waals surface area contributed by atoms with Crippen LogP contribution in [0.25, 0.3) is 0 Å². The lowest BCUT2D eigenvalue weighted by Gasteiger charge is -2.32. The lowest BCUT2D eigenvalue weighted by molar-refractivity contribution is -0.133. The largest absolute Gasteiger partial charge is 0.498 e. The first kappa shape index (κ1) is 30.3. The Morgan fingerprint density at radius 3 is 2.21 bits per heavy atom. The highest BCUT2D eigenvalue weighted by molar-refractivity contribution is 7.91. The third kappa shape index (κ3) is 7.03. The fourth-order valence-corrected chi connectivity index (χ4v) is 5.75. The van der Waals surface area contributed by atoms with Crippen LogP contribution in [0.3, 0.4) is 0 Å². The van der Waals surface area contributed by atoms with Gasteiger partial charge in [-0.15, -0.1) is 0 Å². The van der Waals surface area contributed by atoms with Crippen molar-refractivity contribution in [2.24, 2.45) is 11.8 Å². The Hall–Kier alpha value is -2.25. The van der Waals surface area contributed by atoms with Gasteiger partial charge in [0.2, 0.25) is 20.9 Å². The minimum absolute atomic E-state index is 0.173. The van der Waals surface area contributed by atoms with Gasteiger partial charge in [0.25, 0.3) is 0 Å². The molecule has 0 radical (unpaired) electrons. The molecule has 38 heavy (non-hydrogen) atoms. The molecule has 2 atom stereocenters. The molecule has 1 aromatic heterocycles. The molecule has 0 aliphatic carbocycles. The van der Waals surface area contributed by atoms with Crippen molar-refractivity contribution < 1.29 is 32.1 Å². The number of ether oxygens (including phenoxy) is 1. The van der Waals surface area contributed by atoms with E-state index in [1.807, 2.05) is 41.5 Å². The van der Waals surface area contributed by atoms with E-state index in [0.29, 0.717) is 18.4 Å². The van der Waals surface area contributed by atoms with Crippen molar-refractivity contribution in [2.75, 3.05) is 18.8 Å². The van der Waals surface area contributed by atoms with Gasteiger partial charge in [-0.2, -0.15) is 0 Å². The van der Waals surface area contributed by atoms with Crippen molar-refractivity contribution in [1.82, 2.24) is 20.2 Å². The van der Waals surface area contributed by atoms with Crippen LogP contribution in [0.1, 0.15) is 68.7 Å². The molecule has 2 amide bonds. The lowest BCUT2D eigenvalue weighted by atomic mass is 9.81. The molecule has 2 aliphatic rings. The Kier molecular flexibility index (Phi) is 8.55. The summed E-state index contributed by atoms with van der Waals surface area (Å²) in [6.07, 6.45) is 2.70. The van der Waals surface area contributed by atoms with E-state index in [1.54, 1.807) is 25.7 Å². The van der Waals surface area contributed by atoms with E-state index < -0.39 is 45.9 Å². The summed E-state index contributed by atoms with van der Waals surface area (Å²) in [6.45, 7) is 17.3. The fraction of sp³-hybridized carbons (Fsp3) is 0.760. The molecule has 0 saturated carbocycles. The molecule has 0 aromatic carbocycles. The number of likely N-dealkylation sites (tertiary alicyclic amines) is 1. The number of alkyl carbamates (subject to hydrolysis) is 1. The number of hydrogen-bond donors (Lipinski definition) is 1. The van der Waals surface area contributed by atoms with Crippen LogP contribution in [-0.2, 0) is 28.7 Å². The average molecular weight is 553 g/mol. The van der Waals surface area contributed by atoms with E-state index in [4.69, 9.17) is 14.0 Å². The van der Waals surface area contributed by atoms with Gasteiger partial charge in [0, 0.05) is 30.9 Å². The van der Waals surface area contributed by atoms with Gasteiger partial charge in [-0.05, 0) is 66.7 Å². The summed E-state index contributed by atoms with van der Waals surface area (Å²) in [4.78, 5) is 35.2. The number of aromatic nitrogens is 2. The summed E-state index contributed by atoms with van der Waals surface area (Å²) in [5.74, 6) is -0.884. The van der Waals surface area contributed by atoms with Gasteiger partial charge < -0.3 is 24.3 Å². The van der Waals surface area contributed by atoms with Crippen LogP contribution in [0.5, 0.6) is 0 Å². The number of nitrogens with zero attached hydrogens (tertiary/aromatic N) is 3. The Bertz CT molecular complexity index is 1120. The molecular formula is C25H41BN4O7S. The molecule has 2 unspecified atom stereocenters. The second-order valence-corrected chi connectivity index (χ2v) is 14.4. The van der Waals surface area contributed by atoms with Crippen LogP contribution in [0.2, 0.25) is 0 Å². The number of sulfone groups is 1. The van der Waals surface area contributed by atoms with Crippen LogP contribution >= 0.6 is 0 Å². The maximum Gasteiger partial charge on any atom is 0.498 e. The maximum absolute atomic E-state index is 13.2. The van der Waals surface area contributed by atoms with Crippen molar-refractivity contribution in [3.05, 3.63) is 12.4 Å². The first-order valence-electron chi connectivity index (χ1n) is 13.0. The first-order valence-corrected chi connectivity index (χ1v) is 14.7. The zero-order valence-corrected chi connectivity index (χ0v) is 24.7. The minimum Gasteiger partial charge on any atom is -0.444 e. The van der Waals surface area contributed by atoms with Crippen molar-refractivity contribution >= 4 is 34.4 Å². The van der Waals surface area contributed by atoms with Gasteiger partial charge in [-0.1, -0.05) is 13.8 Å². The Morgan fingerprint density at radius 1 is 1.16 bits per heavy atom. The molecule has 212 valence electrons. The molecule has 3 heterocycles. The molecular weight excluding hydrogens is 511 g/mol. The maximum atomic E-state index is 13.2. The van der Waals surface area contributed by atoms with Crippen LogP contribution in [-0.4, -0.2) is 84.1 Å². The van der Waals surface area contributed by atoms with Gasteiger partial charge >= 0.3 is 13.2 Å². The van der Waals surface area contributed by atoms with Crippen LogP contribution in [0, 0.1) is 11.8 Å². The monoisotopic (exact) mass is 552 g/mol. The number of carbonyl (C=O) groups excluding carboxylic acids is 2. The quantitative estimate of drug-likeness (QED) is 0.398. The third-order valence-corrected chi connectivity index (χ3v) is 8.79. The second kappa shape index (κ2) is 10.7. The normalized spacial score (nSPS) is 22.0. The van der Waals surface area contributed by atoms with Gasteiger partial charge in [0.05, 0.1) is 17.0 Å². The number of rotatable bonds is 7. The molecule has 0 spiro atoms. The summed E-state index contributed by atoms with van der Waals surface area (Å²) < 4.78 is 43.4. The second-order valence-electron chi connectivity index (χ2n) is 12.5. The Balaban J connectivity index is 1.61. The van der Waals surface area contributed by atoms with E-state index in [-0.39, 0.29) is 35.2 Å². The summed E-state index contributed by atoms with van der Waals surface area (Å²) >= 11 is 0. The zero-order chi connectivity index (χ0) is 28.7. The summed E-state index contributed by atoms with van der Waals surface area (Å²) in [7, 11) is -4.47. The third-order valence-electron chi connectivity index (χ3n) is 7.11. The van der Waals surface area contributed by atoms with E-state index in [2.05, 4.69) is 15.3 Å². The van der Waals surface area contributed by atoms with Crippen molar-refractivity contribution in [3.63, 3.8) is 0 Å². The highest BCUT2D eigenvalue weighted by Crippen LogP contribution is 2.36. The molecule has 2 fully saturated rings. The SMILES string of the molecule is CC(C)C(NC(=O)OC(C)(C)C)C(=O)N1CCC(CS(=O)(=O)c2ncc(B3OC(C)(C)C(C)(C)O3)cn2)C1. The van der Waals surface area contributed by atoms with Gasteiger partial charge in [-0.25, -0.2) is 23.2 Å². The summed E-state index contributed by atoms with van der Waals surface area (Å²) in [5.41, 5.74) is -1.22. The Labute approximate surface area is 226 Å². The first-order chi connectivity index (χ1) is 17.3. The number of amides is 2. The predicted octanol–water partition coefficient (Wildman–Crippen LogP) is 1.95. The van der Waals surface area contributed by atoms with Crippen molar-refractivity contribution in [2.45, 2.75) is 96.7 Å². The van der Waals surface area contributed by atoms with Crippen LogP contribution < -0.4 is 10.8 Å². The van der Waals surface area contributed by atoms with Crippen LogP contribution in [0.15, 0.2) is 17.6 Å². The molecule has 0 bridgehead atoms. The smallest absolute Gasteiger partial charge is 0.444 e. The van der Waals surface area contributed by atoms with Gasteiger partial charge in [0.15, 0.2) is 0 Å². The average Bonchev–Trinajstić information content (AvgIpc) is 3.31. The molecule has 3 rings (SSSR count). The highest BCUT2D eigenvalue weighted by atomic mass is 32.2. The van der Waals surface area contributed by atoms with Crippen molar-refractivity contribution in [3.8, 4) is 0 Å². The highest BCUT2D eigenvalue weighted by Gasteiger charge is 2.52. The number of carbonyl (C=O) groups is 2. The minimum atomic E-state index is -3.79. The lowest BCUT2D eigenvalue weighted by Crippen LogP contribution is -2.51. The number of hydrogen-bond acceptors (Lipinski definition) is 9.